The lowest BCUT2D eigenvalue weighted by atomic mass is 9.61. The van der Waals surface area contributed by atoms with E-state index in [2.05, 4.69) is 52.5 Å². The second-order valence-corrected chi connectivity index (χ2v) is 14.5. The highest BCUT2D eigenvalue weighted by molar-refractivity contribution is 7.99. The molecule has 1 nitrogen and oxygen atoms in total. The van der Waals surface area contributed by atoms with Gasteiger partial charge in [-0.3, -0.25) is 0 Å². The molecule has 3 heteroatoms. The van der Waals surface area contributed by atoms with Gasteiger partial charge in [0.05, 0.1) is 5.60 Å². The number of halogens is 1. The molecule has 198 valence electrons. The van der Waals surface area contributed by atoms with Crippen molar-refractivity contribution in [2.45, 2.75) is 97.0 Å². The maximum absolute atomic E-state index is 10.3. The molecule has 3 aliphatic rings. The first-order valence-corrected chi connectivity index (χ1v) is 15.5. The van der Waals surface area contributed by atoms with Crippen LogP contribution in [-0.2, 0) is 5.60 Å². The van der Waals surface area contributed by atoms with Gasteiger partial charge in [0.1, 0.15) is 0 Å². The first-order valence-electron chi connectivity index (χ1n) is 14.1. The maximum atomic E-state index is 10.3. The molecule has 3 fully saturated rings. The number of allylic oxidation sites excluding steroid dienone is 5. The van der Waals surface area contributed by atoms with Gasteiger partial charge in [-0.15, -0.1) is 11.8 Å². The average molecular weight is 527 g/mol. The molecule has 0 bridgehead atoms. The van der Waals surface area contributed by atoms with Crippen LogP contribution in [0.4, 0.5) is 0 Å². The Balaban J connectivity index is 1.44. The summed E-state index contributed by atoms with van der Waals surface area (Å²) in [6.07, 6.45) is 14.1. The van der Waals surface area contributed by atoms with E-state index in [-0.39, 0.29) is 0 Å². The van der Waals surface area contributed by atoms with Gasteiger partial charge < -0.3 is 5.11 Å². The van der Waals surface area contributed by atoms with Crippen LogP contribution in [0.2, 0.25) is 5.02 Å². The molecule has 4 rings (SSSR count). The van der Waals surface area contributed by atoms with Gasteiger partial charge in [-0.25, -0.2) is 0 Å². The first-order chi connectivity index (χ1) is 16.9. The van der Waals surface area contributed by atoms with Gasteiger partial charge in [-0.1, -0.05) is 69.7 Å². The van der Waals surface area contributed by atoms with Crippen LogP contribution in [0.5, 0.6) is 0 Å². The molecule has 0 spiro atoms. The highest BCUT2D eigenvalue weighted by atomic mass is 35.5. The number of hydrogen-bond acceptors (Lipinski definition) is 2. The number of aliphatic hydroxyl groups is 1. The molecule has 1 aromatic rings. The van der Waals surface area contributed by atoms with E-state index in [9.17, 15) is 5.11 Å². The van der Waals surface area contributed by atoms with E-state index in [1.807, 2.05) is 23.9 Å². The second-order valence-electron chi connectivity index (χ2n) is 13.0. The SMILES string of the molecule is C=C1/C(=C\C=C2/CCC[C@@]3(C)C2CCC3[C@@H](C)CSc2ccc(C(C)(C)O)c(Cl)c2)C[C@@H](C)C[C@@H]1C. The monoisotopic (exact) mass is 526 g/mol. The Morgan fingerprint density at radius 2 is 2.00 bits per heavy atom. The van der Waals surface area contributed by atoms with Gasteiger partial charge in [0, 0.05) is 21.2 Å². The second kappa shape index (κ2) is 11.0. The van der Waals surface area contributed by atoms with E-state index >= 15 is 0 Å². The summed E-state index contributed by atoms with van der Waals surface area (Å²) < 4.78 is 0. The fraction of sp³-hybridized carbons (Fsp3) is 0.636. The van der Waals surface area contributed by atoms with Gasteiger partial charge in [-0.05, 0) is 117 Å². The Hall–Kier alpha value is -0.960. The molecule has 0 aliphatic heterocycles. The molecule has 6 atom stereocenters. The number of hydrogen-bond donors (Lipinski definition) is 1. The van der Waals surface area contributed by atoms with Crippen molar-refractivity contribution >= 4 is 23.4 Å². The van der Waals surface area contributed by atoms with Crippen LogP contribution in [-0.4, -0.2) is 10.9 Å². The fourth-order valence-corrected chi connectivity index (χ4v) is 9.20. The molecule has 0 heterocycles. The molecule has 3 saturated carbocycles. The van der Waals surface area contributed by atoms with Gasteiger partial charge in [0.25, 0.3) is 0 Å². The lowest BCUT2D eigenvalue weighted by Crippen LogP contribution is -2.36. The van der Waals surface area contributed by atoms with Crippen molar-refractivity contribution < 1.29 is 5.11 Å². The van der Waals surface area contributed by atoms with Crippen molar-refractivity contribution in [3.63, 3.8) is 0 Å². The first kappa shape index (κ1) is 28.1. The summed E-state index contributed by atoms with van der Waals surface area (Å²) in [6.45, 7) is 17.8. The van der Waals surface area contributed by atoms with E-state index < -0.39 is 5.60 Å². The number of benzene rings is 1. The van der Waals surface area contributed by atoms with Crippen LogP contribution in [0.25, 0.3) is 0 Å². The lowest BCUT2D eigenvalue weighted by molar-refractivity contribution is 0.0786. The Bertz CT molecular complexity index is 1030. The molecular formula is C33H47ClOS. The zero-order valence-electron chi connectivity index (χ0n) is 23.4. The zero-order valence-corrected chi connectivity index (χ0v) is 24.9. The lowest BCUT2D eigenvalue weighted by Gasteiger charge is -2.44. The molecule has 1 aromatic carbocycles. The summed E-state index contributed by atoms with van der Waals surface area (Å²) in [7, 11) is 0. The summed E-state index contributed by atoms with van der Waals surface area (Å²) in [5, 5.41) is 11.0. The molecule has 3 aliphatic carbocycles. The van der Waals surface area contributed by atoms with E-state index in [1.165, 1.54) is 61.0 Å². The van der Waals surface area contributed by atoms with E-state index in [0.29, 0.717) is 22.3 Å². The number of rotatable bonds is 6. The Morgan fingerprint density at radius 1 is 1.25 bits per heavy atom. The summed E-state index contributed by atoms with van der Waals surface area (Å²) in [4.78, 5) is 1.20. The van der Waals surface area contributed by atoms with Crippen molar-refractivity contribution in [1.82, 2.24) is 0 Å². The number of thioether (sulfide) groups is 1. The smallest absolute Gasteiger partial charge is 0.0854 e. The molecule has 0 amide bonds. The fourth-order valence-electron chi connectivity index (χ4n) is 7.67. The van der Waals surface area contributed by atoms with Crippen molar-refractivity contribution in [3.8, 4) is 0 Å². The standard InChI is InChI=1S/C33H47ClOS/c1-21-17-22(2)24(4)26(18-21)11-10-25-9-8-16-33(7)28(14-15-29(25)33)23(3)20-36-27-12-13-30(31(34)19-27)32(5,6)35/h10-13,19,21-23,28-29,35H,4,8-9,14-18,20H2,1-3,5-7H3/b25-10+,26-11-/t21-,22-,23-,28?,29?,33+/m0/s1. The Kier molecular flexibility index (Phi) is 8.60. The third-order valence-corrected chi connectivity index (χ3v) is 11.3. The molecular weight excluding hydrogens is 480 g/mol. The molecule has 0 saturated heterocycles. The topological polar surface area (TPSA) is 20.2 Å². The predicted octanol–water partition coefficient (Wildman–Crippen LogP) is 9.99. The van der Waals surface area contributed by atoms with Crippen LogP contribution < -0.4 is 0 Å². The van der Waals surface area contributed by atoms with E-state index in [1.54, 1.807) is 19.4 Å². The Labute approximate surface area is 229 Å². The zero-order chi connectivity index (χ0) is 26.3. The van der Waals surface area contributed by atoms with Gasteiger partial charge in [0.15, 0.2) is 0 Å². The molecule has 36 heavy (non-hydrogen) atoms. The van der Waals surface area contributed by atoms with E-state index in [4.69, 9.17) is 11.6 Å². The average Bonchev–Trinajstić information content (AvgIpc) is 3.15. The summed E-state index contributed by atoms with van der Waals surface area (Å²) in [5.74, 6) is 4.65. The van der Waals surface area contributed by atoms with Crippen LogP contribution in [0.15, 0.2) is 58.5 Å². The van der Waals surface area contributed by atoms with Crippen LogP contribution in [0.1, 0.15) is 92.1 Å². The quantitative estimate of drug-likeness (QED) is 0.372. The van der Waals surface area contributed by atoms with Gasteiger partial charge >= 0.3 is 0 Å². The largest absolute Gasteiger partial charge is 0.386 e. The Morgan fingerprint density at radius 3 is 2.69 bits per heavy atom. The normalized spacial score (nSPS) is 34.3. The summed E-state index contributed by atoms with van der Waals surface area (Å²) in [6, 6.07) is 6.13. The van der Waals surface area contributed by atoms with Crippen LogP contribution >= 0.6 is 23.4 Å². The maximum Gasteiger partial charge on any atom is 0.0854 e. The molecule has 1 N–H and O–H groups in total. The minimum Gasteiger partial charge on any atom is -0.386 e. The number of fused-ring (bicyclic) bond motifs is 1. The van der Waals surface area contributed by atoms with Gasteiger partial charge in [0.2, 0.25) is 0 Å². The summed E-state index contributed by atoms with van der Waals surface area (Å²) in [5.41, 5.74) is 4.86. The third kappa shape index (κ3) is 5.87. The minimum atomic E-state index is -0.913. The van der Waals surface area contributed by atoms with Crippen molar-refractivity contribution in [2.75, 3.05) is 5.75 Å². The van der Waals surface area contributed by atoms with Gasteiger partial charge in [-0.2, -0.15) is 0 Å². The van der Waals surface area contributed by atoms with E-state index in [0.717, 1.165) is 29.1 Å². The minimum absolute atomic E-state index is 0.412. The molecule has 2 unspecified atom stereocenters. The van der Waals surface area contributed by atoms with Crippen LogP contribution in [0.3, 0.4) is 0 Å². The van der Waals surface area contributed by atoms with Crippen molar-refractivity contribution in [2.24, 2.45) is 35.0 Å². The highest BCUT2D eigenvalue weighted by Crippen LogP contribution is 2.59. The highest BCUT2D eigenvalue weighted by Gasteiger charge is 2.50. The third-order valence-electron chi connectivity index (χ3n) is 9.67. The summed E-state index contributed by atoms with van der Waals surface area (Å²) >= 11 is 8.42. The van der Waals surface area contributed by atoms with Crippen LogP contribution in [0, 0.1) is 35.0 Å². The van der Waals surface area contributed by atoms with Crippen molar-refractivity contribution in [3.05, 3.63) is 64.2 Å². The molecule has 0 radical (unpaired) electrons. The predicted molar refractivity (Wildman–Crippen MR) is 158 cm³/mol. The van der Waals surface area contributed by atoms with Crippen molar-refractivity contribution in [1.29, 1.82) is 0 Å². The molecule has 0 aromatic heterocycles.